The molecule has 1 aliphatic rings. The van der Waals surface area contributed by atoms with E-state index in [0.29, 0.717) is 69.8 Å². The molecule has 54 heavy (non-hydrogen) atoms. The maximum atomic E-state index is 12.7. The highest BCUT2D eigenvalue weighted by Gasteiger charge is 2.25. The summed E-state index contributed by atoms with van der Waals surface area (Å²) in [4.78, 5) is 12.7. The monoisotopic (exact) mass is 760 g/mol. The fourth-order valence-corrected chi connectivity index (χ4v) is 6.35. The first-order valence-electron chi connectivity index (χ1n) is 17.9. The van der Waals surface area contributed by atoms with Crippen LogP contribution in [0.25, 0.3) is 12.2 Å². The van der Waals surface area contributed by atoms with Crippen LogP contribution in [0.4, 0.5) is 5.69 Å². The number of methoxy groups -OCH3 is 6. The molecule has 0 aromatic heterocycles. The summed E-state index contributed by atoms with van der Waals surface area (Å²) >= 11 is 6.06. The Morgan fingerprint density at radius 1 is 0.556 bits per heavy atom. The third kappa shape index (κ3) is 9.96. The van der Waals surface area contributed by atoms with Crippen molar-refractivity contribution in [2.75, 3.05) is 61.2 Å². The highest BCUT2D eigenvalue weighted by molar-refractivity contribution is 6.31. The van der Waals surface area contributed by atoms with Gasteiger partial charge < -0.3 is 48.5 Å². The van der Waals surface area contributed by atoms with E-state index in [9.17, 15) is 4.79 Å². The molecule has 11 nitrogen and oxygen atoms in total. The minimum absolute atomic E-state index is 0.186. The number of halogens is 1. The zero-order chi connectivity index (χ0) is 38.5. The molecule has 0 bridgehead atoms. The molecule has 4 aromatic carbocycles. The number of carbonyl (C=O) groups excluding carboxylic acids is 1. The molecule has 1 atom stereocenters. The summed E-state index contributed by atoms with van der Waals surface area (Å²) in [5.74, 6) is 4.57. The number of ether oxygens (including phenoxy) is 8. The van der Waals surface area contributed by atoms with Gasteiger partial charge >= 0.3 is 0 Å². The quantitative estimate of drug-likeness (QED) is 0.0668. The van der Waals surface area contributed by atoms with E-state index in [-0.39, 0.29) is 5.91 Å². The van der Waals surface area contributed by atoms with Gasteiger partial charge in [0.05, 0.1) is 61.4 Å². The number of nitrogens with one attached hydrogen (secondary N) is 2. The largest absolute Gasteiger partial charge is 0.493 e. The maximum absolute atomic E-state index is 12.7. The van der Waals surface area contributed by atoms with Crippen LogP contribution in [0.3, 0.4) is 0 Å². The fraction of sp³-hybridized carbons (Fsp3) is 0.357. The second-order valence-corrected chi connectivity index (χ2v) is 13.0. The molecule has 0 spiro atoms. The zero-order valence-corrected chi connectivity index (χ0v) is 32.5. The number of amides is 1. The summed E-state index contributed by atoms with van der Waals surface area (Å²) in [6.45, 7) is 1.13. The lowest BCUT2D eigenvalue weighted by Crippen LogP contribution is -2.38. The van der Waals surface area contributed by atoms with Gasteiger partial charge in [0.15, 0.2) is 34.5 Å². The molecular weight excluding hydrogens is 712 g/mol. The van der Waals surface area contributed by atoms with Crippen molar-refractivity contribution in [2.45, 2.75) is 44.7 Å². The van der Waals surface area contributed by atoms with Crippen molar-refractivity contribution in [1.29, 1.82) is 0 Å². The van der Waals surface area contributed by atoms with Crippen LogP contribution in [0.5, 0.6) is 46.0 Å². The molecule has 288 valence electrons. The molecule has 4 aromatic rings. The second-order valence-electron chi connectivity index (χ2n) is 12.5. The lowest BCUT2D eigenvalue weighted by molar-refractivity contribution is 0.0935. The van der Waals surface area contributed by atoms with Crippen LogP contribution in [-0.4, -0.2) is 61.8 Å². The number of hydrogen-bond acceptors (Lipinski definition) is 10. The summed E-state index contributed by atoms with van der Waals surface area (Å²) in [5.41, 5.74) is 3.86. The molecule has 1 heterocycles. The van der Waals surface area contributed by atoms with Gasteiger partial charge in [0.2, 0.25) is 11.5 Å². The summed E-state index contributed by atoms with van der Waals surface area (Å²) in [5, 5.41) is 6.83. The van der Waals surface area contributed by atoms with Crippen LogP contribution in [0.15, 0.2) is 60.7 Å². The van der Waals surface area contributed by atoms with Crippen molar-refractivity contribution < 1.29 is 42.7 Å². The standard InChI is InChI=1S/C42H49ClN2O9/c1-47-34-25-29(41-44-32-17-16-30(43)26-31(32)42(46)45-41)15-18-33(34)53-19-11-9-7-8-10-12-20-54-40-37(50-4)23-28(24-38(40)51-5)14-13-27-21-35(48-2)39(52-6)36(22-27)49-3/h13-18,21-26,41,44H,7-12,19-20H2,1-6H3,(H,45,46). The Labute approximate surface area is 322 Å². The van der Waals surface area contributed by atoms with E-state index in [1.165, 1.54) is 0 Å². The van der Waals surface area contributed by atoms with Gasteiger partial charge in [-0.2, -0.15) is 0 Å². The molecule has 0 radical (unpaired) electrons. The smallest absolute Gasteiger partial charge is 0.255 e. The first kappa shape index (κ1) is 39.8. The van der Waals surface area contributed by atoms with E-state index in [0.717, 1.165) is 60.9 Å². The minimum atomic E-state index is -0.403. The average molecular weight is 761 g/mol. The zero-order valence-electron chi connectivity index (χ0n) is 31.7. The van der Waals surface area contributed by atoms with E-state index in [1.54, 1.807) is 54.8 Å². The molecule has 1 amide bonds. The van der Waals surface area contributed by atoms with Crippen LogP contribution in [-0.2, 0) is 0 Å². The van der Waals surface area contributed by atoms with E-state index in [1.807, 2.05) is 60.7 Å². The molecule has 0 saturated carbocycles. The van der Waals surface area contributed by atoms with Crippen LogP contribution in [0.1, 0.15) is 71.7 Å². The van der Waals surface area contributed by atoms with E-state index < -0.39 is 6.17 Å². The Morgan fingerprint density at radius 2 is 1.09 bits per heavy atom. The van der Waals surface area contributed by atoms with Crippen LogP contribution >= 0.6 is 11.6 Å². The van der Waals surface area contributed by atoms with Crippen LogP contribution in [0, 0.1) is 0 Å². The number of carbonyl (C=O) groups is 1. The van der Waals surface area contributed by atoms with Gasteiger partial charge in [0, 0.05) is 10.7 Å². The summed E-state index contributed by atoms with van der Waals surface area (Å²) in [6.07, 6.45) is 9.62. The number of hydrogen-bond donors (Lipinski definition) is 2. The van der Waals surface area contributed by atoms with E-state index >= 15 is 0 Å². The van der Waals surface area contributed by atoms with Crippen LogP contribution in [0.2, 0.25) is 5.02 Å². The lowest BCUT2D eigenvalue weighted by Gasteiger charge is -2.28. The Morgan fingerprint density at radius 3 is 1.65 bits per heavy atom. The average Bonchev–Trinajstić information content (AvgIpc) is 3.20. The van der Waals surface area contributed by atoms with E-state index in [4.69, 9.17) is 49.5 Å². The summed E-state index contributed by atoms with van der Waals surface area (Å²) < 4.78 is 45.6. The predicted molar refractivity (Wildman–Crippen MR) is 212 cm³/mol. The van der Waals surface area contributed by atoms with Gasteiger partial charge in [-0.05, 0) is 84.1 Å². The Kier molecular flexibility index (Phi) is 14.4. The lowest BCUT2D eigenvalue weighted by atomic mass is 10.1. The first-order valence-corrected chi connectivity index (χ1v) is 18.2. The molecule has 5 rings (SSSR count). The van der Waals surface area contributed by atoms with Crippen molar-refractivity contribution in [1.82, 2.24) is 5.32 Å². The highest BCUT2D eigenvalue weighted by atomic mass is 35.5. The van der Waals surface area contributed by atoms with Crippen molar-refractivity contribution >= 4 is 35.3 Å². The number of benzene rings is 4. The van der Waals surface area contributed by atoms with Gasteiger partial charge in [0.25, 0.3) is 5.91 Å². The van der Waals surface area contributed by atoms with Gasteiger partial charge in [-0.1, -0.05) is 55.5 Å². The van der Waals surface area contributed by atoms with Gasteiger partial charge in [-0.15, -0.1) is 0 Å². The number of rotatable bonds is 20. The number of fused-ring (bicyclic) bond motifs is 1. The van der Waals surface area contributed by atoms with Crippen molar-refractivity contribution in [3.8, 4) is 46.0 Å². The molecule has 2 N–H and O–H groups in total. The third-order valence-corrected chi connectivity index (χ3v) is 9.24. The Balaban J connectivity index is 1.03. The normalized spacial score (nSPS) is 13.4. The molecular formula is C42H49ClN2O9. The maximum Gasteiger partial charge on any atom is 0.255 e. The third-order valence-electron chi connectivity index (χ3n) is 9.00. The fourth-order valence-electron chi connectivity index (χ4n) is 6.18. The molecule has 1 aliphatic heterocycles. The van der Waals surface area contributed by atoms with Crippen LogP contribution < -0.4 is 48.5 Å². The van der Waals surface area contributed by atoms with Crippen molar-refractivity contribution in [2.24, 2.45) is 0 Å². The van der Waals surface area contributed by atoms with Gasteiger partial charge in [-0.25, -0.2) is 0 Å². The first-order chi connectivity index (χ1) is 26.3. The highest BCUT2D eigenvalue weighted by Crippen LogP contribution is 2.41. The Hall–Kier alpha value is -5.42. The molecule has 0 fully saturated rings. The second kappa shape index (κ2) is 19.6. The molecule has 1 unspecified atom stereocenters. The summed E-state index contributed by atoms with van der Waals surface area (Å²) in [6, 6.07) is 18.5. The molecule has 0 saturated heterocycles. The summed E-state index contributed by atoms with van der Waals surface area (Å²) in [7, 11) is 9.61. The molecule has 12 heteroatoms. The number of unbranched alkanes of at least 4 members (excludes halogenated alkanes) is 5. The minimum Gasteiger partial charge on any atom is -0.493 e. The topological polar surface area (TPSA) is 115 Å². The van der Waals surface area contributed by atoms with Crippen molar-refractivity contribution in [3.63, 3.8) is 0 Å². The SMILES string of the molecule is COc1cc(C2NC(=O)c3cc(Cl)ccc3N2)ccc1OCCCCCCCCOc1c(OC)cc(C=Cc2cc(OC)c(OC)c(OC)c2)cc1OC. The van der Waals surface area contributed by atoms with Gasteiger partial charge in [0.1, 0.15) is 6.17 Å². The predicted octanol–water partition coefficient (Wildman–Crippen LogP) is 9.21. The number of anilines is 1. The van der Waals surface area contributed by atoms with Crippen molar-refractivity contribution in [3.05, 3.63) is 87.9 Å². The van der Waals surface area contributed by atoms with Gasteiger partial charge in [-0.3, -0.25) is 4.79 Å². The van der Waals surface area contributed by atoms with E-state index in [2.05, 4.69) is 10.6 Å². The molecule has 0 aliphatic carbocycles. The Bertz CT molecular complexity index is 1870.